The molecule has 0 fully saturated rings. The molecule has 1 atom stereocenters. The number of rotatable bonds is 8. The first-order valence-electron chi connectivity index (χ1n) is 9.88. The van der Waals surface area contributed by atoms with Crippen molar-refractivity contribution in [1.82, 2.24) is 10.8 Å². The SMILES string of the molecule is COc1cccc(OC)c1-c1ccc(C[C@H](NC(=O)c2c(Cl)cccc2Cl)C(=O)NO)cc1. The van der Waals surface area contributed by atoms with Crippen LogP contribution in [0.15, 0.2) is 60.7 Å². The average molecular weight is 489 g/mol. The largest absolute Gasteiger partial charge is 0.496 e. The minimum Gasteiger partial charge on any atom is -0.496 e. The maximum absolute atomic E-state index is 12.7. The van der Waals surface area contributed by atoms with E-state index in [1.54, 1.807) is 25.8 Å². The van der Waals surface area contributed by atoms with Gasteiger partial charge >= 0.3 is 0 Å². The van der Waals surface area contributed by atoms with Crippen LogP contribution in [0.1, 0.15) is 15.9 Å². The van der Waals surface area contributed by atoms with Crippen molar-refractivity contribution in [2.45, 2.75) is 12.5 Å². The topological polar surface area (TPSA) is 96.9 Å². The van der Waals surface area contributed by atoms with Gasteiger partial charge in [0.25, 0.3) is 11.8 Å². The van der Waals surface area contributed by atoms with E-state index in [0.29, 0.717) is 11.5 Å². The van der Waals surface area contributed by atoms with Crippen LogP contribution in [0.25, 0.3) is 11.1 Å². The summed E-state index contributed by atoms with van der Waals surface area (Å²) in [6.07, 6.45) is 0.115. The van der Waals surface area contributed by atoms with Crippen LogP contribution in [0.4, 0.5) is 0 Å². The number of carbonyl (C=O) groups excluding carboxylic acids is 2. The maximum Gasteiger partial charge on any atom is 0.266 e. The molecule has 7 nitrogen and oxygen atoms in total. The van der Waals surface area contributed by atoms with E-state index in [9.17, 15) is 9.59 Å². The first-order chi connectivity index (χ1) is 15.9. The summed E-state index contributed by atoms with van der Waals surface area (Å²) in [5, 5.41) is 12.0. The van der Waals surface area contributed by atoms with Crippen molar-refractivity contribution < 1.29 is 24.3 Å². The van der Waals surface area contributed by atoms with Gasteiger partial charge in [-0.15, -0.1) is 0 Å². The third-order valence-electron chi connectivity index (χ3n) is 5.03. The number of hydroxylamine groups is 1. The van der Waals surface area contributed by atoms with Crippen molar-refractivity contribution in [3.05, 3.63) is 81.8 Å². The molecule has 0 bridgehead atoms. The Labute approximate surface area is 201 Å². The first kappa shape index (κ1) is 24.4. The maximum atomic E-state index is 12.7. The molecule has 0 aromatic heterocycles. The number of hydrogen-bond donors (Lipinski definition) is 3. The normalized spacial score (nSPS) is 11.4. The summed E-state index contributed by atoms with van der Waals surface area (Å²) >= 11 is 12.2. The van der Waals surface area contributed by atoms with E-state index in [2.05, 4.69) is 5.32 Å². The molecule has 172 valence electrons. The Morgan fingerprint density at radius 2 is 1.45 bits per heavy atom. The van der Waals surface area contributed by atoms with E-state index in [-0.39, 0.29) is 22.0 Å². The Kier molecular flexibility index (Phi) is 8.16. The van der Waals surface area contributed by atoms with Crippen LogP contribution in [-0.4, -0.2) is 37.3 Å². The molecule has 9 heteroatoms. The molecule has 0 heterocycles. The number of halogens is 2. The van der Waals surface area contributed by atoms with Gasteiger partial charge in [-0.05, 0) is 35.4 Å². The fraction of sp³-hybridized carbons (Fsp3) is 0.167. The number of carbonyl (C=O) groups is 2. The Balaban J connectivity index is 1.84. The molecule has 3 aromatic carbocycles. The Morgan fingerprint density at radius 1 is 0.909 bits per heavy atom. The zero-order chi connectivity index (χ0) is 24.0. The van der Waals surface area contributed by atoms with E-state index in [4.69, 9.17) is 37.9 Å². The monoisotopic (exact) mass is 488 g/mol. The van der Waals surface area contributed by atoms with Gasteiger partial charge in [-0.1, -0.05) is 59.6 Å². The van der Waals surface area contributed by atoms with Crippen molar-refractivity contribution in [2.24, 2.45) is 0 Å². The van der Waals surface area contributed by atoms with Gasteiger partial charge in [0.05, 0.1) is 35.4 Å². The predicted octanol–water partition coefficient (Wildman–Crippen LogP) is 4.52. The van der Waals surface area contributed by atoms with Crippen molar-refractivity contribution >= 4 is 35.0 Å². The Bertz CT molecular complexity index is 1110. The second kappa shape index (κ2) is 11.0. The van der Waals surface area contributed by atoms with Gasteiger partial charge in [0.15, 0.2) is 0 Å². The third kappa shape index (κ3) is 5.57. The quantitative estimate of drug-likeness (QED) is 0.319. The van der Waals surface area contributed by atoms with Gasteiger partial charge in [-0.2, -0.15) is 0 Å². The number of benzene rings is 3. The minimum atomic E-state index is -1.07. The molecule has 0 saturated heterocycles. The van der Waals surface area contributed by atoms with E-state index >= 15 is 0 Å². The highest BCUT2D eigenvalue weighted by Crippen LogP contribution is 2.38. The summed E-state index contributed by atoms with van der Waals surface area (Å²) < 4.78 is 10.9. The minimum absolute atomic E-state index is 0.0511. The van der Waals surface area contributed by atoms with Crippen LogP contribution >= 0.6 is 23.2 Å². The summed E-state index contributed by atoms with van der Waals surface area (Å²) in [6.45, 7) is 0. The summed E-state index contributed by atoms with van der Waals surface area (Å²) in [7, 11) is 3.16. The highest BCUT2D eigenvalue weighted by atomic mass is 35.5. The smallest absolute Gasteiger partial charge is 0.266 e. The van der Waals surface area contributed by atoms with Crippen molar-refractivity contribution in [3.63, 3.8) is 0 Å². The van der Waals surface area contributed by atoms with Crippen LogP contribution in [-0.2, 0) is 11.2 Å². The Hall–Kier alpha value is -3.26. The van der Waals surface area contributed by atoms with Crippen LogP contribution in [0.2, 0.25) is 10.0 Å². The molecular weight excluding hydrogens is 467 g/mol. The molecule has 0 spiro atoms. The summed E-state index contributed by atoms with van der Waals surface area (Å²) in [5.74, 6) is -0.0939. The molecule has 0 aliphatic carbocycles. The third-order valence-corrected chi connectivity index (χ3v) is 5.66. The second-order valence-electron chi connectivity index (χ2n) is 7.04. The predicted molar refractivity (Wildman–Crippen MR) is 126 cm³/mol. The van der Waals surface area contributed by atoms with Gasteiger partial charge in [0, 0.05) is 6.42 Å². The molecule has 0 radical (unpaired) electrons. The lowest BCUT2D eigenvalue weighted by Crippen LogP contribution is -2.47. The lowest BCUT2D eigenvalue weighted by atomic mass is 9.99. The standard InChI is InChI=1S/C24H22Cl2N2O5/c1-32-19-7-4-8-20(33-2)21(19)15-11-9-14(10-12-15)13-18(23(29)28-31)27-24(30)22-16(25)5-3-6-17(22)26/h3-12,18,31H,13H2,1-2H3,(H,27,30)(H,28,29)/t18-/m0/s1. The van der Waals surface area contributed by atoms with E-state index in [0.717, 1.165) is 16.7 Å². The van der Waals surface area contributed by atoms with Gasteiger partial charge in [0.2, 0.25) is 0 Å². The number of methoxy groups -OCH3 is 2. The molecule has 0 saturated carbocycles. The van der Waals surface area contributed by atoms with E-state index in [1.807, 2.05) is 42.5 Å². The van der Waals surface area contributed by atoms with Crippen molar-refractivity contribution in [1.29, 1.82) is 0 Å². The van der Waals surface area contributed by atoms with Gasteiger partial charge in [0.1, 0.15) is 17.5 Å². The molecule has 0 unspecified atom stereocenters. The van der Waals surface area contributed by atoms with E-state index in [1.165, 1.54) is 12.1 Å². The Morgan fingerprint density at radius 3 is 1.97 bits per heavy atom. The lowest BCUT2D eigenvalue weighted by molar-refractivity contribution is -0.131. The summed E-state index contributed by atoms with van der Waals surface area (Å²) in [4.78, 5) is 25.0. The van der Waals surface area contributed by atoms with Crippen molar-refractivity contribution in [3.8, 4) is 22.6 Å². The molecule has 33 heavy (non-hydrogen) atoms. The fourth-order valence-corrected chi connectivity index (χ4v) is 3.98. The highest BCUT2D eigenvalue weighted by molar-refractivity contribution is 6.39. The molecule has 2 amide bonds. The fourth-order valence-electron chi connectivity index (χ4n) is 3.41. The molecular formula is C24H22Cl2N2O5. The summed E-state index contributed by atoms with van der Waals surface area (Å²) in [5.41, 5.74) is 4.02. The van der Waals surface area contributed by atoms with Crippen LogP contribution in [0, 0.1) is 0 Å². The molecule has 3 rings (SSSR count). The van der Waals surface area contributed by atoms with E-state index < -0.39 is 17.9 Å². The van der Waals surface area contributed by atoms with Crippen LogP contribution < -0.4 is 20.3 Å². The average Bonchev–Trinajstić information content (AvgIpc) is 2.83. The highest BCUT2D eigenvalue weighted by Gasteiger charge is 2.24. The number of nitrogens with one attached hydrogen (secondary N) is 2. The zero-order valence-electron chi connectivity index (χ0n) is 17.9. The number of amides is 2. The number of ether oxygens (including phenoxy) is 2. The van der Waals surface area contributed by atoms with Crippen LogP contribution in [0.5, 0.6) is 11.5 Å². The van der Waals surface area contributed by atoms with Gasteiger partial charge < -0.3 is 14.8 Å². The summed E-state index contributed by atoms with van der Waals surface area (Å²) in [6, 6.07) is 16.4. The van der Waals surface area contributed by atoms with Crippen molar-refractivity contribution in [2.75, 3.05) is 14.2 Å². The number of hydrogen-bond acceptors (Lipinski definition) is 5. The van der Waals surface area contributed by atoms with Gasteiger partial charge in [-0.25, -0.2) is 5.48 Å². The molecule has 3 N–H and O–H groups in total. The van der Waals surface area contributed by atoms with Gasteiger partial charge in [-0.3, -0.25) is 14.8 Å². The first-order valence-corrected chi connectivity index (χ1v) is 10.6. The second-order valence-corrected chi connectivity index (χ2v) is 7.85. The molecule has 3 aromatic rings. The molecule has 0 aliphatic rings. The van der Waals surface area contributed by atoms with Crippen LogP contribution in [0.3, 0.4) is 0 Å². The lowest BCUT2D eigenvalue weighted by Gasteiger charge is -2.18. The molecule has 0 aliphatic heterocycles. The zero-order valence-corrected chi connectivity index (χ0v) is 19.4.